The Kier molecular flexibility index (Phi) is 5.28. The number of pyridine rings is 2. The summed E-state index contributed by atoms with van der Waals surface area (Å²) in [6.07, 6.45) is 5.07. The lowest BCUT2D eigenvalue weighted by Crippen LogP contribution is -2.42. The van der Waals surface area contributed by atoms with Crippen LogP contribution in [0, 0.1) is 5.92 Å². The van der Waals surface area contributed by atoms with E-state index in [1.165, 1.54) is 0 Å². The molecular formula is C22H22N4O2. The fraction of sp³-hybridized carbons (Fsp3) is 0.273. The molecule has 4 rings (SSSR count). The van der Waals surface area contributed by atoms with E-state index in [0.717, 1.165) is 16.5 Å². The van der Waals surface area contributed by atoms with Crippen LogP contribution in [0.15, 0.2) is 60.9 Å². The molecular weight excluding hydrogens is 352 g/mol. The molecule has 1 fully saturated rings. The number of hydrogen-bond donors (Lipinski definition) is 1. The van der Waals surface area contributed by atoms with E-state index >= 15 is 0 Å². The van der Waals surface area contributed by atoms with Gasteiger partial charge in [0.05, 0.1) is 11.9 Å². The van der Waals surface area contributed by atoms with Gasteiger partial charge in [-0.1, -0.05) is 30.3 Å². The highest BCUT2D eigenvalue weighted by atomic mass is 16.2. The molecule has 1 saturated heterocycles. The Morgan fingerprint density at radius 3 is 2.54 bits per heavy atom. The second-order valence-corrected chi connectivity index (χ2v) is 7.03. The third kappa shape index (κ3) is 4.01. The van der Waals surface area contributed by atoms with Crippen LogP contribution in [0.1, 0.15) is 18.4 Å². The van der Waals surface area contributed by atoms with Crippen molar-refractivity contribution in [1.29, 1.82) is 0 Å². The molecule has 0 bridgehead atoms. The van der Waals surface area contributed by atoms with Gasteiger partial charge in [0, 0.05) is 36.8 Å². The van der Waals surface area contributed by atoms with Crippen molar-refractivity contribution >= 4 is 28.5 Å². The summed E-state index contributed by atoms with van der Waals surface area (Å²) in [5, 5.41) is 3.89. The topological polar surface area (TPSA) is 75.2 Å². The molecule has 0 saturated carbocycles. The third-order valence-corrected chi connectivity index (χ3v) is 5.19. The van der Waals surface area contributed by atoms with Crippen molar-refractivity contribution < 1.29 is 9.59 Å². The minimum absolute atomic E-state index is 0.0240. The monoisotopic (exact) mass is 374 g/mol. The highest BCUT2D eigenvalue weighted by Gasteiger charge is 2.27. The molecule has 1 aliphatic heterocycles. The molecule has 0 spiro atoms. The number of carbonyl (C=O) groups is 2. The van der Waals surface area contributed by atoms with E-state index in [-0.39, 0.29) is 17.7 Å². The number of aromatic nitrogens is 2. The van der Waals surface area contributed by atoms with E-state index in [9.17, 15) is 9.59 Å². The Morgan fingerprint density at radius 2 is 1.75 bits per heavy atom. The highest BCUT2D eigenvalue weighted by molar-refractivity contribution is 5.92. The van der Waals surface area contributed by atoms with Crippen molar-refractivity contribution in [3.05, 3.63) is 66.5 Å². The molecule has 28 heavy (non-hydrogen) atoms. The average molecular weight is 374 g/mol. The van der Waals surface area contributed by atoms with Gasteiger partial charge in [0.1, 0.15) is 5.82 Å². The van der Waals surface area contributed by atoms with Gasteiger partial charge in [-0.05, 0) is 36.6 Å². The molecule has 2 amide bonds. The molecule has 0 radical (unpaired) electrons. The van der Waals surface area contributed by atoms with Crippen LogP contribution in [0.25, 0.3) is 10.9 Å². The summed E-state index contributed by atoms with van der Waals surface area (Å²) in [7, 11) is 0. The van der Waals surface area contributed by atoms with E-state index in [1.807, 2.05) is 47.4 Å². The van der Waals surface area contributed by atoms with Gasteiger partial charge in [-0.2, -0.15) is 0 Å². The first-order chi connectivity index (χ1) is 13.7. The number of amides is 2. The summed E-state index contributed by atoms with van der Waals surface area (Å²) in [6.45, 7) is 1.19. The van der Waals surface area contributed by atoms with Gasteiger partial charge >= 0.3 is 0 Å². The quantitative estimate of drug-likeness (QED) is 0.762. The van der Waals surface area contributed by atoms with Crippen LogP contribution in [0.5, 0.6) is 0 Å². The maximum atomic E-state index is 12.8. The first kappa shape index (κ1) is 18.1. The minimum Gasteiger partial charge on any atom is -0.342 e. The number of benzene rings is 1. The van der Waals surface area contributed by atoms with Crippen molar-refractivity contribution in [3.63, 3.8) is 0 Å². The summed E-state index contributed by atoms with van der Waals surface area (Å²) in [4.78, 5) is 35.6. The van der Waals surface area contributed by atoms with E-state index in [4.69, 9.17) is 0 Å². The first-order valence-electron chi connectivity index (χ1n) is 9.53. The average Bonchev–Trinajstić information content (AvgIpc) is 2.75. The molecule has 3 heterocycles. The number of fused-ring (bicyclic) bond motifs is 1. The zero-order valence-electron chi connectivity index (χ0n) is 15.5. The lowest BCUT2D eigenvalue weighted by molar-refractivity contribution is -0.133. The fourth-order valence-corrected chi connectivity index (χ4v) is 3.64. The van der Waals surface area contributed by atoms with Crippen molar-refractivity contribution in [3.8, 4) is 0 Å². The Labute approximate surface area is 163 Å². The van der Waals surface area contributed by atoms with Crippen molar-refractivity contribution in [1.82, 2.24) is 14.9 Å². The second kappa shape index (κ2) is 8.17. The van der Waals surface area contributed by atoms with E-state index < -0.39 is 0 Å². The number of carbonyl (C=O) groups excluding carboxylic acids is 2. The van der Waals surface area contributed by atoms with E-state index in [1.54, 1.807) is 18.5 Å². The fourth-order valence-electron chi connectivity index (χ4n) is 3.64. The van der Waals surface area contributed by atoms with Crippen LogP contribution < -0.4 is 5.32 Å². The summed E-state index contributed by atoms with van der Waals surface area (Å²) in [5.74, 6) is 0.533. The summed E-state index contributed by atoms with van der Waals surface area (Å²) in [6, 6.07) is 15.2. The maximum absolute atomic E-state index is 12.8. The summed E-state index contributed by atoms with van der Waals surface area (Å²) in [5.41, 5.74) is 1.82. The summed E-state index contributed by atoms with van der Waals surface area (Å²) < 4.78 is 0. The number of anilines is 1. The number of hydrogen-bond acceptors (Lipinski definition) is 4. The number of likely N-dealkylation sites (tertiary alicyclic amines) is 1. The standard InChI is InChI=1S/C22H22N4O2/c27-20(15-18-6-3-5-16-7-4-12-24-21(16)18)26-13-9-17(10-14-26)22(28)25-19-8-1-2-11-23-19/h1-8,11-12,17H,9-10,13-15H2,(H,23,25,28). The van der Waals surface area contributed by atoms with Crippen LogP contribution in [-0.4, -0.2) is 39.8 Å². The van der Waals surface area contributed by atoms with Crippen molar-refractivity contribution in [2.45, 2.75) is 19.3 Å². The zero-order valence-corrected chi connectivity index (χ0v) is 15.5. The van der Waals surface area contributed by atoms with Crippen molar-refractivity contribution in [2.75, 3.05) is 18.4 Å². The van der Waals surface area contributed by atoms with Crippen LogP contribution in [0.4, 0.5) is 5.82 Å². The van der Waals surface area contributed by atoms with Crippen LogP contribution >= 0.6 is 0 Å². The van der Waals surface area contributed by atoms with Crippen LogP contribution in [0.3, 0.4) is 0 Å². The number of rotatable bonds is 4. The van der Waals surface area contributed by atoms with Gasteiger partial charge in [0.25, 0.3) is 0 Å². The summed E-state index contributed by atoms with van der Waals surface area (Å²) >= 11 is 0. The van der Waals surface area contributed by atoms with Crippen LogP contribution in [-0.2, 0) is 16.0 Å². The molecule has 142 valence electrons. The molecule has 1 aliphatic rings. The molecule has 0 atom stereocenters. The zero-order chi connectivity index (χ0) is 19.3. The normalized spacial score (nSPS) is 14.8. The van der Waals surface area contributed by atoms with Crippen molar-refractivity contribution in [2.24, 2.45) is 5.92 Å². The van der Waals surface area contributed by atoms with Gasteiger partial charge < -0.3 is 10.2 Å². The second-order valence-electron chi connectivity index (χ2n) is 7.03. The molecule has 6 heteroatoms. The first-order valence-corrected chi connectivity index (χ1v) is 9.53. The third-order valence-electron chi connectivity index (χ3n) is 5.19. The number of nitrogens with zero attached hydrogens (tertiary/aromatic N) is 3. The lowest BCUT2D eigenvalue weighted by atomic mass is 9.95. The molecule has 0 aliphatic carbocycles. The number of para-hydroxylation sites is 1. The largest absolute Gasteiger partial charge is 0.342 e. The van der Waals surface area contributed by atoms with Gasteiger partial charge in [-0.15, -0.1) is 0 Å². The molecule has 3 aromatic rings. The molecule has 1 aromatic carbocycles. The maximum Gasteiger partial charge on any atom is 0.228 e. The Morgan fingerprint density at radius 1 is 0.964 bits per heavy atom. The predicted molar refractivity (Wildman–Crippen MR) is 108 cm³/mol. The predicted octanol–water partition coefficient (Wildman–Crippen LogP) is 3.05. The SMILES string of the molecule is O=C(Nc1ccccn1)C1CCN(C(=O)Cc2cccc3cccnc23)CC1. The number of nitrogens with one attached hydrogen (secondary N) is 1. The smallest absolute Gasteiger partial charge is 0.228 e. The Hall–Kier alpha value is -3.28. The van der Waals surface area contributed by atoms with Gasteiger partial charge in [-0.25, -0.2) is 4.98 Å². The van der Waals surface area contributed by atoms with Gasteiger partial charge in [0.2, 0.25) is 11.8 Å². The Balaban J connectivity index is 1.34. The van der Waals surface area contributed by atoms with E-state index in [2.05, 4.69) is 15.3 Å². The molecule has 0 unspecified atom stereocenters. The van der Waals surface area contributed by atoms with Gasteiger partial charge in [0.15, 0.2) is 0 Å². The highest BCUT2D eigenvalue weighted by Crippen LogP contribution is 2.21. The lowest BCUT2D eigenvalue weighted by Gasteiger charge is -2.31. The Bertz CT molecular complexity index is 977. The van der Waals surface area contributed by atoms with E-state index in [0.29, 0.717) is 38.2 Å². The van der Waals surface area contributed by atoms with Gasteiger partial charge in [-0.3, -0.25) is 14.6 Å². The number of piperidine rings is 1. The minimum atomic E-state index is -0.0923. The molecule has 2 aromatic heterocycles. The van der Waals surface area contributed by atoms with Crippen LogP contribution in [0.2, 0.25) is 0 Å². The molecule has 6 nitrogen and oxygen atoms in total. The molecule has 1 N–H and O–H groups in total.